The Morgan fingerprint density at radius 2 is 2.24 bits per heavy atom. The number of aliphatic imine (C=N–C) groups is 1. The fourth-order valence-corrected chi connectivity index (χ4v) is 3.42. The highest BCUT2D eigenvalue weighted by molar-refractivity contribution is 7.09. The summed E-state index contributed by atoms with van der Waals surface area (Å²) in [6.45, 7) is 6.12. The number of carbonyl (C=O) groups is 1. The Kier molecular flexibility index (Phi) is 7.46. The van der Waals surface area contributed by atoms with Crippen LogP contribution >= 0.6 is 11.3 Å². The largest absolute Gasteiger partial charge is 0.484 e. The SMILES string of the molecule is CCNC(=NCc1cccc(OCC(=O)NC2CC2)c1)N(C)Cc1csc(C)n1. The van der Waals surface area contributed by atoms with E-state index in [0.29, 0.717) is 24.9 Å². The molecule has 1 saturated carbocycles. The van der Waals surface area contributed by atoms with Gasteiger partial charge in [0.2, 0.25) is 0 Å². The molecule has 1 aromatic carbocycles. The maximum absolute atomic E-state index is 11.8. The number of ether oxygens (including phenoxy) is 1. The molecule has 0 saturated heterocycles. The van der Waals surface area contributed by atoms with E-state index in [1.54, 1.807) is 11.3 Å². The Bertz CT molecular complexity index is 847. The van der Waals surface area contributed by atoms with Crippen LogP contribution in [0.3, 0.4) is 0 Å². The molecule has 1 fully saturated rings. The standard InChI is InChI=1S/C21H29N5O2S/c1-4-22-21(26(3)12-18-14-29-15(2)24-18)23-11-16-6-5-7-19(10-16)28-13-20(27)25-17-8-9-17/h5-7,10,14,17H,4,8-9,11-13H2,1-3H3,(H,22,23)(H,25,27). The van der Waals surface area contributed by atoms with Crippen molar-refractivity contribution >= 4 is 23.2 Å². The third-order valence-electron chi connectivity index (χ3n) is 4.38. The zero-order valence-electron chi connectivity index (χ0n) is 17.3. The Hall–Kier alpha value is -2.61. The van der Waals surface area contributed by atoms with Gasteiger partial charge < -0.3 is 20.3 Å². The van der Waals surface area contributed by atoms with Crippen molar-refractivity contribution in [2.75, 3.05) is 20.2 Å². The predicted octanol–water partition coefficient (Wildman–Crippen LogP) is 2.71. The molecule has 2 aromatic rings. The van der Waals surface area contributed by atoms with Crippen LogP contribution in [0.4, 0.5) is 0 Å². The molecule has 0 bridgehead atoms. The van der Waals surface area contributed by atoms with Crippen molar-refractivity contribution < 1.29 is 9.53 Å². The van der Waals surface area contributed by atoms with Crippen LogP contribution in [0.1, 0.15) is 36.0 Å². The van der Waals surface area contributed by atoms with Gasteiger partial charge in [0.25, 0.3) is 5.91 Å². The monoisotopic (exact) mass is 415 g/mol. The number of aromatic nitrogens is 1. The highest BCUT2D eigenvalue weighted by atomic mass is 32.1. The first kappa shape index (κ1) is 21.1. The summed E-state index contributed by atoms with van der Waals surface area (Å²) in [7, 11) is 2.01. The Balaban J connectivity index is 1.57. The smallest absolute Gasteiger partial charge is 0.258 e. The van der Waals surface area contributed by atoms with Crippen LogP contribution in [0, 0.1) is 6.92 Å². The van der Waals surface area contributed by atoms with Gasteiger partial charge in [-0.25, -0.2) is 9.98 Å². The van der Waals surface area contributed by atoms with Gasteiger partial charge in [0.05, 0.1) is 23.8 Å². The first-order chi connectivity index (χ1) is 14.0. The third-order valence-corrected chi connectivity index (χ3v) is 5.21. The van der Waals surface area contributed by atoms with Gasteiger partial charge in [-0.3, -0.25) is 4.79 Å². The van der Waals surface area contributed by atoms with Crippen molar-refractivity contribution in [1.29, 1.82) is 0 Å². The zero-order valence-corrected chi connectivity index (χ0v) is 18.1. The van der Waals surface area contributed by atoms with E-state index in [1.807, 2.05) is 38.2 Å². The predicted molar refractivity (Wildman–Crippen MR) is 116 cm³/mol. The fraction of sp³-hybridized carbons (Fsp3) is 0.476. The average molecular weight is 416 g/mol. The molecule has 1 aromatic heterocycles. The van der Waals surface area contributed by atoms with E-state index in [-0.39, 0.29) is 12.5 Å². The van der Waals surface area contributed by atoms with Gasteiger partial charge in [-0.15, -0.1) is 11.3 Å². The van der Waals surface area contributed by atoms with E-state index in [1.165, 1.54) is 0 Å². The number of thiazole rings is 1. The summed E-state index contributed by atoms with van der Waals surface area (Å²) in [5, 5.41) is 9.40. The van der Waals surface area contributed by atoms with Gasteiger partial charge in [-0.05, 0) is 44.4 Å². The number of nitrogens with one attached hydrogen (secondary N) is 2. The van der Waals surface area contributed by atoms with Crippen LogP contribution in [0.2, 0.25) is 0 Å². The van der Waals surface area contributed by atoms with E-state index in [9.17, 15) is 4.79 Å². The van der Waals surface area contributed by atoms with Crippen LogP contribution < -0.4 is 15.4 Å². The quantitative estimate of drug-likeness (QED) is 0.486. The second-order valence-electron chi connectivity index (χ2n) is 7.16. The summed E-state index contributed by atoms with van der Waals surface area (Å²) in [5.41, 5.74) is 2.07. The van der Waals surface area contributed by atoms with Crippen molar-refractivity contribution in [3.63, 3.8) is 0 Å². The Morgan fingerprint density at radius 1 is 1.41 bits per heavy atom. The lowest BCUT2D eigenvalue weighted by Gasteiger charge is -2.21. The number of amides is 1. The first-order valence-corrected chi connectivity index (χ1v) is 10.8. The Morgan fingerprint density at radius 3 is 2.93 bits per heavy atom. The molecule has 8 heteroatoms. The van der Waals surface area contributed by atoms with E-state index >= 15 is 0 Å². The van der Waals surface area contributed by atoms with Crippen LogP contribution in [-0.4, -0.2) is 48.0 Å². The Labute approximate surface area is 176 Å². The lowest BCUT2D eigenvalue weighted by atomic mass is 10.2. The molecule has 1 aliphatic carbocycles. The molecule has 0 spiro atoms. The fourth-order valence-electron chi connectivity index (χ4n) is 2.81. The summed E-state index contributed by atoms with van der Waals surface area (Å²) >= 11 is 1.66. The maximum atomic E-state index is 11.8. The average Bonchev–Trinajstić information content (AvgIpc) is 3.43. The number of nitrogens with zero attached hydrogens (tertiary/aromatic N) is 3. The van der Waals surface area contributed by atoms with Crippen molar-refractivity contribution in [2.24, 2.45) is 4.99 Å². The van der Waals surface area contributed by atoms with Gasteiger partial charge >= 0.3 is 0 Å². The van der Waals surface area contributed by atoms with Crippen molar-refractivity contribution in [1.82, 2.24) is 20.5 Å². The van der Waals surface area contributed by atoms with Crippen LogP contribution in [-0.2, 0) is 17.9 Å². The van der Waals surface area contributed by atoms with E-state index in [4.69, 9.17) is 9.73 Å². The van der Waals surface area contributed by atoms with E-state index in [0.717, 1.165) is 41.6 Å². The second kappa shape index (κ2) is 10.2. The molecule has 0 atom stereocenters. The number of hydrogen-bond donors (Lipinski definition) is 2. The lowest BCUT2D eigenvalue weighted by molar-refractivity contribution is -0.123. The third kappa shape index (κ3) is 7.05. The van der Waals surface area contributed by atoms with E-state index in [2.05, 4.69) is 32.8 Å². The maximum Gasteiger partial charge on any atom is 0.258 e. The second-order valence-corrected chi connectivity index (χ2v) is 8.22. The molecular weight excluding hydrogens is 386 g/mol. The molecule has 1 amide bonds. The summed E-state index contributed by atoms with van der Waals surface area (Å²) < 4.78 is 5.63. The number of hydrogen-bond acceptors (Lipinski definition) is 5. The number of guanidine groups is 1. The molecule has 7 nitrogen and oxygen atoms in total. The van der Waals surface area contributed by atoms with Crippen molar-refractivity contribution in [3.05, 3.63) is 45.9 Å². The van der Waals surface area contributed by atoms with Gasteiger partial charge in [0.1, 0.15) is 5.75 Å². The van der Waals surface area contributed by atoms with Crippen LogP contribution in [0.5, 0.6) is 5.75 Å². The highest BCUT2D eigenvalue weighted by Crippen LogP contribution is 2.19. The zero-order chi connectivity index (χ0) is 20.6. The van der Waals surface area contributed by atoms with Gasteiger partial charge in [0.15, 0.2) is 12.6 Å². The molecule has 0 unspecified atom stereocenters. The summed E-state index contributed by atoms with van der Waals surface area (Å²) in [5.74, 6) is 1.44. The number of rotatable bonds is 9. The molecule has 0 aliphatic heterocycles. The van der Waals surface area contributed by atoms with Crippen molar-refractivity contribution in [3.8, 4) is 5.75 Å². The number of carbonyl (C=O) groups excluding carboxylic acids is 1. The summed E-state index contributed by atoms with van der Waals surface area (Å²) in [4.78, 5) is 23.1. The van der Waals surface area contributed by atoms with Gasteiger partial charge in [-0.1, -0.05) is 12.1 Å². The topological polar surface area (TPSA) is 78.9 Å². The van der Waals surface area contributed by atoms with Gasteiger partial charge in [0, 0.05) is 25.0 Å². The summed E-state index contributed by atoms with van der Waals surface area (Å²) in [6.07, 6.45) is 2.15. The van der Waals surface area contributed by atoms with Crippen LogP contribution in [0.15, 0.2) is 34.6 Å². The first-order valence-electron chi connectivity index (χ1n) is 9.95. The van der Waals surface area contributed by atoms with Crippen LogP contribution in [0.25, 0.3) is 0 Å². The van der Waals surface area contributed by atoms with Crippen molar-refractivity contribution in [2.45, 2.75) is 45.8 Å². The molecule has 29 heavy (non-hydrogen) atoms. The minimum atomic E-state index is -0.0655. The molecule has 1 aliphatic rings. The molecule has 1 heterocycles. The molecular formula is C21H29N5O2S. The number of benzene rings is 1. The highest BCUT2D eigenvalue weighted by Gasteiger charge is 2.23. The molecule has 3 rings (SSSR count). The normalized spacial score (nSPS) is 13.8. The molecule has 2 N–H and O–H groups in total. The lowest BCUT2D eigenvalue weighted by Crippen LogP contribution is -2.38. The minimum Gasteiger partial charge on any atom is -0.484 e. The van der Waals surface area contributed by atoms with Gasteiger partial charge in [-0.2, -0.15) is 0 Å². The minimum absolute atomic E-state index is 0.0433. The number of aryl methyl sites for hydroxylation is 1. The molecule has 156 valence electrons. The summed E-state index contributed by atoms with van der Waals surface area (Å²) in [6, 6.07) is 8.07. The van der Waals surface area contributed by atoms with E-state index < -0.39 is 0 Å². The molecule has 0 radical (unpaired) electrons.